The quantitative estimate of drug-likeness (QED) is 0.741. The van der Waals surface area contributed by atoms with E-state index in [1.54, 1.807) is 23.5 Å². The van der Waals surface area contributed by atoms with Gasteiger partial charge >= 0.3 is 0 Å². The molecule has 5 nitrogen and oxygen atoms in total. The van der Waals surface area contributed by atoms with E-state index in [-0.39, 0.29) is 5.91 Å². The number of amides is 1. The number of nitrogens with zero attached hydrogens (tertiary/aromatic N) is 4. The molecule has 4 rings (SSSR count). The molecule has 1 aromatic carbocycles. The van der Waals surface area contributed by atoms with Gasteiger partial charge in [0.25, 0.3) is 5.91 Å². The van der Waals surface area contributed by atoms with E-state index < -0.39 is 0 Å². The van der Waals surface area contributed by atoms with Gasteiger partial charge in [-0.1, -0.05) is 30.3 Å². The van der Waals surface area contributed by atoms with Crippen LogP contribution in [0.1, 0.15) is 27.2 Å². The topological polar surface area (TPSA) is 59.0 Å². The number of hydrogen-bond donors (Lipinski definition) is 0. The van der Waals surface area contributed by atoms with E-state index in [2.05, 4.69) is 27.1 Å². The van der Waals surface area contributed by atoms with E-state index in [0.29, 0.717) is 6.54 Å². The Morgan fingerprint density at radius 1 is 1.08 bits per heavy atom. The molecule has 0 fully saturated rings. The zero-order chi connectivity index (χ0) is 17.2. The minimum atomic E-state index is 0.0449. The van der Waals surface area contributed by atoms with Crippen molar-refractivity contribution in [2.45, 2.75) is 12.8 Å². The molecule has 0 unspecified atom stereocenters. The molecule has 25 heavy (non-hydrogen) atoms. The third-order valence-corrected chi connectivity index (χ3v) is 4.52. The largest absolute Gasteiger partial charge is 0.341 e. The second-order valence-corrected chi connectivity index (χ2v) is 6.22. The zero-order valence-electron chi connectivity index (χ0n) is 14.0. The third kappa shape index (κ3) is 3.01. The van der Waals surface area contributed by atoms with E-state index >= 15 is 0 Å². The van der Waals surface area contributed by atoms with Crippen molar-refractivity contribution >= 4 is 5.91 Å². The summed E-state index contributed by atoms with van der Waals surface area (Å²) in [4.78, 5) is 27.4. The molecule has 0 bridgehead atoms. The third-order valence-electron chi connectivity index (χ3n) is 4.52. The van der Waals surface area contributed by atoms with Crippen LogP contribution in [0.15, 0.2) is 55.0 Å². The van der Waals surface area contributed by atoms with Crippen LogP contribution in [0.5, 0.6) is 0 Å². The van der Waals surface area contributed by atoms with Gasteiger partial charge in [0.1, 0.15) is 6.33 Å². The molecule has 3 aromatic rings. The number of likely N-dealkylation sites (N-methyl/N-ethyl adjacent to an activating group) is 1. The molecule has 1 amide bonds. The van der Waals surface area contributed by atoms with Gasteiger partial charge in [-0.15, -0.1) is 0 Å². The maximum Gasteiger partial charge on any atom is 0.254 e. The summed E-state index contributed by atoms with van der Waals surface area (Å²) in [5.74, 6) is 0.0449. The monoisotopic (exact) mass is 330 g/mol. The van der Waals surface area contributed by atoms with Crippen LogP contribution < -0.4 is 0 Å². The Morgan fingerprint density at radius 2 is 1.92 bits per heavy atom. The zero-order valence-corrected chi connectivity index (χ0v) is 14.0. The number of hydrogen-bond acceptors (Lipinski definition) is 4. The van der Waals surface area contributed by atoms with Gasteiger partial charge in [0, 0.05) is 37.5 Å². The van der Waals surface area contributed by atoms with Crippen molar-refractivity contribution in [2.75, 3.05) is 13.6 Å². The molecular weight excluding hydrogens is 312 g/mol. The number of aromatic nitrogens is 3. The molecule has 0 aliphatic carbocycles. The molecule has 3 heterocycles. The first-order valence-electron chi connectivity index (χ1n) is 8.31. The highest BCUT2D eigenvalue weighted by molar-refractivity contribution is 5.98. The normalized spacial score (nSPS) is 13.6. The summed E-state index contributed by atoms with van der Waals surface area (Å²) in [6.45, 7) is 0.701. The maximum absolute atomic E-state index is 12.4. The first-order valence-corrected chi connectivity index (χ1v) is 8.31. The Balaban J connectivity index is 1.72. The number of carbonyl (C=O) groups excluding carboxylic acids is 1. The summed E-state index contributed by atoms with van der Waals surface area (Å²) in [5, 5.41) is 0. The summed E-state index contributed by atoms with van der Waals surface area (Å²) in [6, 6.07) is 14.0. The summed E-state index contributed by atoms with van der Waals surface area (Å²) in [7, 11) is 1.83. The fourth-order valence-corrected chi connectivity index (χ4v) is 3.18. The van der Waals surface area contributed by atoms with Gasteiger partial charge in [-0.2, -0.15) is 0 Å². The molecule has 1 aliphatic rings. The first kappa shape index (κ1) is 15.4. The summed E-state index contributed by atoms with van der Waals surface area (Å²) in [6.07, 6.45) is 4.79. The molecule has 0 atom stereocenters. The molecular formula is C20H18N4O. The maximum atomic E-state index is 12.4. The van der Waals surface area contributed by atoms with Gasteiger partial charge < -0.3 is 4.90 Å². The molecule has 0 spiro atoms. The number of rotatable bonds is 3. The van der Waals surface area contributed by atoms with Crippen LogP contribution >= 0.6 is 0 Å². The van der Waals surface area contributed by atoms with E-state index in [0.717, 1.165) is 41.1 Å². The minimum absolute atomic E-state index is 0.0449. The van der Waals surface area contributed by atoms with Crippen LogP contribution in [-0.4, -0.2) is 39.4 Å². The number of pyridine rings is 1. The van der Waals surface area contributed by atoms with Crippen molar-refractivity contribution in [3.05, 3.63) is 77.4 Å². The highest BCUT2D eigenvalue weighted by atomic mass is 16.2. The number of carbonyl (C=O) groups is 1. The van der Waals surface area contributed by atoms with Gasteiger partial charge in [0.2, 0.25) is 0 Å². The minimum Gasteiger partial charge on any atom is -0.341 e. The number of fused-ring (bicyclic) bond motifs is 1. The Labute approximate surface area is 146 Å². The first-order chi connectivity index (χ1) is 12.2. The molecule has 2 aromatic heterocycles. The molecule has 5 heteroatoms. The smallest absolute Gasteiger partial charge is 0.254 e. The average molecular weight is 330 g/mol. The van der Waals surface area contributed by atoms with Crippen molar-refractivity contribution in [2.24, 2.45) is 0 Å². The van der Waals surface area contributed by atoms with E-state index in [1.807, 2.05) is 31.3 Å². The SMILES string of the molecule is CN1CCc2c(ccnc2-c2cc(Cc3ccccc3)ncn2)C1=O. The van der Waals surface area contributed by atoms with Crippen molar-refractivity contribution in [3.63, 3.8) is 0 Å². The summed E-state index contributed by atoms with van der Waals surface area (Å²) < 4.78 is 0. The Bertz CT molecular complexity index is 924. The molecule has 1 aliphatic heterocycles. The highest BCUT2D eigenvalue weighted by Gasteiger charge is 2.25. The highest BCUT2D eigenvalue weighted by Crippen LogP contribution is 2.27. The van der Waals surface area contributed by atoms with Crippen LogP contribution in [0.4, 0.5) is 0 Å². The van der Waals surface area contributed by atoms with Gasteiger partial charge in [-0.05, 0) is 29.7 Å². The Hall–Kier alpha value is -3.08. The van der Waals surface area contributed by atoms with Gasteiger partial charge in [0.05, 0.1) is 11.4 Å². The fraction of sp³-hybridized carbons (Fsp3) is 0.200. The summed E-state index contributed by atoms with van der Waals surface area (Å²) >= 11 is 0. The Morgan fingerprint density at radius 3 is 2.76 bits per heavy atom. The molecule has 124 valence electrons. The second-order valence-electron chi connectivity index (χ2n) is 6.22. The van der Waals surface area contributed by atoms with Crippen molar-refractivity contribution in [3.8, 4) is 11.4 Å². The fourth-order valence-electron chi connectivity index (χ4n) is 3.18. The predicted molar refractivity (Wildman–Crippen MR) is 95.2 cm³/mol. The molecule has 0 radical (unpaired) electrons. The van der Waals surface area contributed by atoms with Crippen molar-refractivity contribution < 1.29 is 4.79 Å². The van der Waals surface area contributed by atoms with Crippen molar-refractivity contribution in [1.82, 2.24) is 19.9 Å². The van der Waals surface area contributed by atoms with Crippen LogP contribution in [0.3, 0.4) is 0 Å². The van der Waals surface area contributed by atoms with Gasteiger partial charge in [-0.3, -0.25) is 9.78 Å². The summed E-state index contributed by atoms with van der Waals surface area (Å²) in [5.41, 5.74) is 5.41. The van der Waals surface area contributed by atoms with Crippen LogP contribution in [0.25, 0.3) is 11.4 Å². The van der Waals surface area contributed by atoms with E-state index in [9.17, 15) is 4.79 Å². The average Bonchev–Trinajstić information content (AvgIpc) is 2.65. The lowest BCUT2D eigenvalue weighted by atomic mass is 9.96. The lowest BCUT2D eigenvalue weighted by Gasteiger charge is -2.25. The molecule has 0 N–H and O–H groups in total. The second kappa shape index (κ2) is 6.43. The lowest BCUT2D eigenvalue weighted by molar-refractivity contribution is 0.0781. The van der Waals surface area contributed by atoms with Crippen LogP contribution in [-0.2, 0) is 12.8 Å². The van der Waals surface area contributed by atoms with E-state index in [1.165, 1.54) is 5.56 Å². The van der Waals surface area contributed by atoms with Crippen LogP contribution in [0, 0.1) is 0 Å². The lowest BCUT2D eigenvalue weighted by Crippen LogP contribution is -2.34. The van der Waals surface area contributed by atoms with Crippen LogP contribution in [0.2, 0.25) is 0 Å². The Kier molecular flexibility index (Phi) is 3.98. The predicted octanol–water partition coefficient (Wildman–Crippen LogP) is 2.76. The molecule has 0 saturated carbocycles. The van der Waals surface area contributed by atoms with Gasteiger partial charge in [0.15, 0.2) is 0 Å². The van der Waals surface area contributed by atoms with Gasteiger partial charge in [-0.25, -0.2) is 9.97 Å². The van der Waals surface area contributed by atoms with Crippen molar-refractivity contribution in [1.29, 1.82) is 0 Å². The standard InChI is InChI=1S/C20H18N4O/c1-24-10-8-16-17(20(24)25)7-9-21-19(16)18-12-15(22-13-23-18)11-14-5-3-2-4-6-14/h2-7,9,12-13H,8,10-11H2,1H3. The number of benzene rings is 1. The molecule has 0 saturated heterocycles. The van der Waals surface area contributed by atoms with E-state index in [4.69, 9.17) is 0 Å².